The van der Waals surface area contributed by atoms with Gasteiger partial charge in [-0.1, -0.05) is 12.2 Å². The van der Waals surface area contributed by atoms with Gasteiger partial charge in [0.15, 0.2) is 0 Å². The topological polar surface area (TPSA) is 68.9 Å². The van der Waals surface area contributed by atoms with Crippen molar-refractivity contribution in [2.75, 3.05) is 0 Å². The molecular formula is C8H7N3O. The molecule has 0 fully saturated rings. The quantitative estimate of drug-likeness (QED) is 0.637. The van der Waals surface area contributed by atoms with Crippen LogP contribution in [0.3, 0.4) is 0 Å². The van der Waals surface area contributed by atoms with Gasteiger partial charge in [0.1, 0.15) is 0 Å². The van der Waals surface area contributed by atoms with E-state index in [1.165, 1.54) is 6.20 Å². The van der Waals surface area contributed by atoms with Crippen LogP contribution in [0, 0.1) is 0 Å². The highest BCUT2D eigenvalue weighted by molar-refractivity contribution is 5.96. The third-order valence-corrected chi connectivity index (χ3v) is 1.83. The molecule has 0 aliphatic heterocycles. The summed E-state index contributed by atoms with van der Waals surface area (Å²) in [6.07, 6.45) is 5.93. The molecule has 0 unspecified atom stereocenters. The Hall–Kier alpha value is -1.71. The SMILES string of the molecule is NC(=O)c1cnnc2c1C=CC2. The van der Waals surface area contributed by atoms with Gasteiger partial charge >= 0.3 is 0 Å². The number of amides is 1. The first-order chi connectivity index (χ1) is 5.79. The van der Waals surface area contributed by atoms with Crippen LogP contribution in [-0.2, 0) is 6.42 Å². The lowest BCUT2D eigenvalue weighted by Crippen LogP contribution is -2.14. The number of allylic oxidation sites excluding steroid dienone is 1. The maximum absolute atomic E-state index is 10.9. The molecule has 2 N–H and O–H groups in total. The highest BCUT2D eigenvalue weighted by atomic mass is 16.1. The van der Waals surface area contributed by atoms with Crippen LogP contribution in [0.5, 0.6) is 0 Å². The maximum atomic E-state index is 10.9. The number of aromatic nitrogens is 2. The number of hydrogen-bond acceptors (Lipinski definition) is 3. The third-order valence-electron chi connectivity index (χ3n) is 1.83. The second-order valence-corrected chi connectivity index (χ2v) is 2.59. The van der Waals surface area contributed by atoms with Crippen LogP contribution >= 0.6 is 0 Å². The number of rotatable bonds is 1. The minimum Gasteiger partial charge on any atom is -0.366 e. The smallest absolute Gasteiger partial charge is 0.251 e. The lowest BCUT2D eigenvalue weighted by Gasteiger charge is -2.00. The van der Waals surface area contributed by atoms with Crippen LogP contribution in [0.4, 0.5) is 0 Å². The highest BCUT2D eigenvalue weighted by Crippen LogP contribution is 2.19. The summed E-state index contributed by atoms with van der Waals surface area (Å²) in [6, 6.07) is 0. The number of carbonyl (C=O) groups is 1. The molecule has 1 aromatic heterocycles. The van der Waals surface area contributed by atoms with Crippen molar-refractivity contribution >= 4 is 12.0 Å². The van der Waals surface area contributed by atoms with Gasteiger partial charge in [0.25, 0.3) is 5.91 Å². The first-order valence-corrected chi connectivity index (χ1v) is 3.60. The van der Waals surface area contributed by atoms with E-state index in [4.69, 9.17) is 5.73 Å². The van der Waals surface area contributed by atoms with Crippen molar-refractivity contribution in [3.05, 3.63) is 29.1 Å². The van der Waals surface area contributed by atoms with Crippen LogP contribution in [-0.4, -0.2) is 16.1 Å². The summed E-state index contributed by atoms with van der Waals surface area (Å²) >= 11 is 0. The van der Waals surface area contributed by atoms with Crippen molar-refractivity contribution in [2.45, 2.75) is 6.42 Å². The molecular weight excluding hydrogens is 154 g/mol. The molecule has 1 aliphatic rings. The van der Waals surface area contributed by atoms with Gasteiger partial charge in [-0.3, -0.25) is 4.79 Å². The van der Waals surface area contributed by atoms with Crippen molar-refractivity contribution < 1.29 is 4.79 Å². The molecule has 4 nitrogen and oxygen atoms in total. The van der Waals surface area contributed by atoms with E-state index in [0.717, 1.165) is 17.7 Å². The summed E-state index contributed by atoms with van der Waals surface area (Å²) in [5.41, 5.74) is 7.24. The Kier molecular flexibility index (Phi) is 1.40. The van der Waals surface area contributed by atoms with E-state index in [9.17, 15) is 4.79 Å². The molecule has 60 valence electrons. The number of hydrogen-bond donors (Lipinski definition) is 1. The first-order valence-electron chi connectivity index (χ1n) is 3.60. The Morgan fingerprint density at radius 1 is 1.58 bits per heavy atom. The van der Waals surface area contributed by atoms with Crippen LogP contribution in [0.25, 0.3) is 6.08 Å². The summed E-state index contributed by atoms with van der Waals surface area (Å²) in [5, 5.41) is 7.57. The van der Waals surface area contributed by atoms with Gasteiger partial charge in [-0.2, -0.15) is 10.2 Å². The van der Waals surface area contributed by atoms with Crippen molar-refractivity contribution in [1.29, 1.82) is 0 Å². The fraction of sp³-hybridized carbons (Fsp3) is 0.125. The molecule has 0 aromatic carbocycles. The average Bonchev–Trinajstić information content (AvgIpc) is 2.49. The van der Waals surface area contributed by atoms with Crippen LogP contribution in [0.15, 0.2) is 12.3 Å². The number of carbonyl (C=O) groups excluding carboxylic acids is 1. The Morgan fingerprint density at radius 2 is 2.42 bits per heavy atom. The van der Waals surface area contributed by atoms with Gasteiger partial charge in [-0.05, 0) is 0 Å². The fourth-order valence-electron chi connectivity index (χ4n) is 1.26. The molecule has 0 spiro atoms. The first kappa shape index (κ1) is 6.97. The largest absolute Gasteiger partial charge is 0.366 e. The number of primary amides is 1. The van der Waals surface area contributed by atoms with E-state index in [0.29, 0.717) is 5.56 Å². The van der Waals surface area contributed by atoms with Crippen LogP contribution < -0.4 is 5.73 Å². The van der Waals surface area contributed by atoms with E-state index in [2.05, 4.69) is 10.2 Å². The van der Waals surface area contributed by atoms with E-state index >= 15 is 0 Å². The van der Waals surface area contributed by atoms with Gasteiger partial charge < -0.3 is 5.73 Å². The fourth-order valence-corrected chi connectivity index (χ4v) is 1.26. The van der Waals surface area contributed by atoms with E-state index in [1.807, 2.05) is 12.2 Å². The predicted molar refractivity (Wildman–Crippen MR) is 43.3 cm³/mol. The van der Waals surface area contributed by atoms with E-state index < -0.39 is 5.91 Å². The molecule has 1 aliphatic carbocycles. The van der Waals surface area contributed by atoms with Gasteiger partial charge in [0.2, 0.25) is 0 Å². The van der Waals surface area contributed by atoms with Crippen LogP contribution in [0.2, 0.25) is 0 Å². The molecule has 0 radical (unpaired) electrons. The summed E-state index contributed by atoms with van der Waals surface area (Å²) in [4.78, 5) is 10.9. The number of nitrogens with zero attached hydrogens (tertiary/aromatic N) is 2. The molecule has 0 saturated carbocycles. The predicted octanol–water partition coefficient (Wildman–Crippen LogP) is 0.145. The zero-order valence-corrected chi connectivity index (χ0v) is 6.32. The molecule has 2 rings (SSSR count). The van der Waals surface area contributed by atoms with Crippen LogP contribution in [0.1, 0.15) is 21.6 Å². The maximum Gasteiger partial charge on any atom is 0.251 e. The van der Waals surface area contributed by atoms with Crippen molar-refractivity contribution in [3.63, 3.8) is 0 Å². The molecule has 1 heterocycles. The zero-order valence-electron chi connectivity index (χ0n) is 6.32. The molecule has 0 atom stereocenters. The van der Waals surface area contributed by atoms with Gasteiger partial charge in [-0.25, -0.2) is 0 Å². The lowest BCUT2D eigenvalue weighted by molar-refractivity contribution is 0.0999. The summed E-state index contributed by atoms with van der Waals surface area (Å²) in [5.74, 6) is -0.451. The Balaban J connectivity index is 2.63. The van der Waals surface area contributed by atoms with Gasteiger partial charge in [0.05, 0.1) is 17.5 Å². The monoisotopic (exact) mass is 161 g/mol. The zero-order chi connectivity index (χ0) is 8.55. The molecule has 1 amide bonds. The Morgan fingerprint density at radius 3 is 3.17 bits per heavy atom. The second-order valence-electron chi connectivity index (χ2n) is 2.59. The summed E-state index contributed by atoms with van der Waals surface area (Å²) < 4.78 is 0. The Labute approximate surface area is 69.1 Å². The molecule has 0 bridgehead atoms. The van der Waals surface area contributed by atoms with Crippen molar-refractivity contribution in [2.24, 2.45) is 5.73 Å². The van der Waals surface area contributed by atoms with E-state index in [-0.39, 0.29) is 0 Å². The minimum atomic E-state index is -0.451. The van der Waals surface area contributed by atoms with Gasteiger partial charge in [-0.15, -0.1) is 0 Å². The van der Waals surface area contributed by atoms with E-state index in [1.54, 1.807) is 0 Å². The third kappa shape index (κ3) is 0.887. The summed E-state index contributed by atoms with van der Waals surface area (Å²) in [7, 11) is 0. The van der Waals surface area contributed by atoms with Crippen molar-refractivity contribution in [3.8, 4) is 0 Å². The number of fused-ring (bicyclic) bond motifs is 1. The Bertz CT molecular complexity index is 371. The van der Waals surface area contributed by atoms with Crippen molar-refractivity contribution in [1.82, 2.24) is 10.2 Å². The highest BCUT2D eigenvalue weighted by Gasteiger charge is 2.14. The standard InChI is InChI=1S/C8H7N3O/c9-8(12)6-4-10-11-7-3-1-2-5(6)7/h1-2,4H,3H2,(H2,9,12). The van der Waals surface area contributed by atoms with Gasteiger partial charge in [0, 0.05) is 12.0 Å². The second kappa shape index (κ2) is 2.41. The molecule has 1 aromatic rings. The summed E-state index contributed by atoms with van der Waals surface area (Å²) in [6.45, 7) is 0. The molecule has 0 saturated heterocycles. The normalized spacial score (nSPS) is 13.0. The average molecular weight is 161 g/mol. The minimum absolute atomic E-state index is 0.451. The molecule has 4 heteroatoms. The number of nitrogens with two attached hydrogens (primary N) is 1. The molecule has 12 heavy (non-hydrogen) atoms. The lowest BCUT2D eigenvalue weighted by atomic mass is 10.1.